The van der Waals surface area contributed by atoms with Gasteiger partial charge in [-0.2, -0.15) is 4.98 Å². The summed E-state index contributed by atoms with van der Waals surface area (Å²) in [6.45, 7) is 2.10. The minimum atomic E-state index is -0.464. The summed E-state index contributed by atoms with van der Waals surface area (Å²) in [5.41, 5.74) is 4.98. The zero-order chi connectivity index (χ0) is 30.8. The Morgan fingerprint density at radius 1 is 1.04 bits per heavy atom. The number of halogens is 1. The van der Waals surface area contributed by atoms with Crippen LogP contribution in [0, 0.1) is 0 Å². The molecule has 12 heteroatoms. The first kappa shape index (κ1) is 29.2. The number of rotatable bonds is 9. The van der Waals surface area contributed by atoms with E-state index < -0.39 is 6.61 Å². The highest BCUT2D eigenvalue weighted by Gasteiger charge is 2.21. The van der Waals surface area contributed by atoms with Crippen LogP contribution >= 0.6 is 22.9 Å². The fraction of sp³-hybridized carbons (Fsp3) is 0.212. The molecule has 10 nitrogen and oxygen atoms in total. The molecular weight excluding hydrogens is 612 g/mol. The van der Waals surface area contributed by atoms with Crippen molar-refractivity contribution in [3.63, 3.8) is 0 Å². The molecule has 0 radical (unpaired) electrons. The molecule has 1 amide bonds. The number of likely N-dealkylation sites (tertiary alicyclic amines) is 1. The second-order valence-corrected chi connectivity index (χ2v) is 12.3. The smallest absolute Gasteiger partial charge is 0.300 e. The highest BCUT2D eigenvalue weighted by atomic mass is 35.5. The number of anilines is 2. The van der Waals surface area contributed by atoms with Crippen LogP contribution in [0.25, 0.3) is 31.9 Å². The van der Waals surface area contributed by atoms with Gasteiger partial charge in [-0.1, -0.05) is 17.7 Å². The summed E-state index contributed by atoms with van der Waals surface area (Å²) in [5.74, 6) is 1.03. The molecule has 0 aliphatic carbocycles. The van der Waals surface area contributed by atoms with Gasteiger partial charge >= 0.3 is 0 Å². The highest BCUT2D eigenvalue weighted by Crippen LogP contribution is 2.39. The SMILES string of the molecule is O=C(CO)NC1CCN(Cc2ccc(-c3cc4nccc(Oc5ccc6oc(Nc7ccc(Cl)cc7)nc6c5)c4s3)nc2)CC1. The number of carbonyl (C=O) groups is 1. The zero-order valence-corrected chi connectivity index (χ0v) is 25.6. The number of aliphatic hydroxyl groups excluding tert-OH is 1. The third-order valence-electron chi connectivity index (χ3n) is 7.64. The number of aromatic nitrogens is 3. The molecule has 0 spiro atoms. The second kappa shape index (κ2) is 12.8. The van der Waals surface area contributed by atoms with Gasteiger partial charge in [0.05, 0.1) is 20.8 Å². The van der Waals surface area contributed by atoms with Gasteiger partial charge in [0, 0.05) is 60.9 Å². The van der Waals surface area contributed by atoms with Crippen LogP contribution in [0.2, 0.25) is 5.02 Å². The molecule has 228 valence electrons. The van der Waals surface area contributed by atoms with Crippen LogP contribution in [-0.2, 0) is 11.3 Å². The topological polar surface area (TPSA) is 126 Å². The average molecular weight is 641 g/mol. The van der Waals surface area contributed by atoms with Crippen molar-refractivity contribution in [1.29, 1.82) is 0 Å². The first-order valence-electron chi connectivity index (χ1n) is 14.6. The maximum absolute atomic E-state index is 11.5. The number of nitrogens with one attached hydrogen (secondary N) is 2. The van der Waals surface area contributed by atoms with E-state index in [0.29, 0.717) is 33.6 Å². The number of thiophene rings is 1. The Hall–Kier alpha value is -4.55. The van der Waals surface area contributed by atoms with Crippen LogP contribution in [0.15, 0.2) is 83.5 Å². The predicted molar refractivity (Wildman–Crippen MR) is 175 cm³/mol. The number of oxazole rings is 1. The quantitative estimate of drug-likeness (QED) is 0.157. The van der Waals surface area contributed by atoms with E-state index >= 15 is 0 Å². The summed E-state index contributed by atoms with van der Waals surface area (Å²) in [5, 5.41) is 15.6. The van der Waals surface area contributed by atoms with Crippen LogP contribution in [0.1, 0.15) is 18.4 Å². The normalized spacial score (nSPS) is 14.2. The van der Waals surface area contributed by atoms with Crippen LogP contribution in [-0.4, -0.2) is 56.6 Å². The third kappa shape index (κ3) is 6.76. The number of hydrogen-bond acceptors (Lipinski definition) is 10. The van der Waals surface area contributed by atoms with Gasteiger partial charge in [0.15, 0.2) is 5.58 Å². The minimum Gasteiger partial charge on any atom is -0.456 e. The van der Waals surface area contributed by atoms with Crippen molar-refractivity contribution in [2.45, 2.75) is 25.4 Å². The van der Waals surface area contributed by atoms with Crippen LogP contribution < -0.4 is 15.4 Å². The van der Waals surface area contributed by atoms with E-state index in [1.54, 1.807) is 29.7 Å². The van der Waals surface area contributed by atoms with Crippen LogP contribution in [0.4, 0.5) is 11.7 Å². The second-order valence-electron chi connectivity index (χ2n) is 10.8. The van der Waals surface area contributed by atoms with Gasteiger partial charge in [-0.15, -0.1) is 11.3 Å². The van der Waals surface area contributed by atoms with Gasteiger partial charge in [-0.05, 0) is 66.9 Å². The van der Waals surface area contributed by atoms with Gasteiger partial charge in [-0.25, -0.2) is 0 Å². The van der Waals surface area contributed by atoms with E-state index in [0.717, 1.165) is 64.5 Å². The maximum Gasteiger partial charge on any atom is 0.300 e. The van der Waals surface area contributed by atoms with Crippen molar-refractivity contribution in [2.24, 2.45) is 0 Å². The number of carbonyl (C=O) groups excluding carboxylic acids is 1. The number of benzene rings is 2. The number of pyridine rings is 2. The molecule has 45 heavy (non-hydrogen) atoms. The number of fused-ring (bicyclic) bond motifs is 2. The third-order valence-corrected chi connectivity index (χ3v) is 9.05. The summed E-state index contributed by atoms with van der Waals surface area (Å²) in [7, 11) is 0. The molecule has 1 aliphatic rings. The van der Waals surface area contributed by atoms with Crippen LogP contribution in [0.5, 0.6) is 11.5 Å². The van der Waals surface area contributed by atoms with Crippen molar-refractivity contribution in [1.82, 2.24) is 25.2 Å². The van der Waals surface area contributed by atoms with E-state index in [1.165, 1.54) is 0 Å². The van der Waals surface area contributed by atoms with E-state index in [9.17, 15) is 4.79 Å². The Kier molecular flexibility index (Phi) is 8.31. The molecule has 0 unspecified atom stereocenters. The molecule has 2 aromatic carbocycles. The van der Waals surface area contributed by atoms with Crippen molar-refractivity contribution in [3.05, 3.63) is 89.7 Å². The largest absolute Gasteiger partial charge is 0.456 e. The lowest BCUT2D eigenvalue weighted by Crippen LogP contribution is -2.45. The van der Waals surface area contributed by atoms with Crippen molar-refractivity contribution >= 4 is 61.9 Å². The molecule has 1 saturated heterocycles. The number of ether oxygens (including phenoxy) is 1. The molecule has 7 rings (SSSR count). The monoisotopic (exact) mass is 640 g/mol. The Morgan fingerprint density at radius 3 is 2.67 bits per heavy atom. The van der Waals surface area contributed by atoms with E-state index in [-0.39, 0.29) is 11.9 Å². The predicted octanol–water partition coefficient (Wildman–Crippen LogP) is 6.76. The summed E-state index contributed by atoms with van der Waals surface area (Å²) >= 11 is 7.57. The molecule has 3 N–H and O–H groups in total. The van der Waals surface area contributed by atoms with E-state index in [4.69, 9.17) is 30.8 Å². The molecule has 4 aromatic heterocycles. The van der Waals surface area contributed by atoms with Crippen molar-refractivity contribution < 1.29 is 19.1 Å². The first-order valence-corrected chi connectivity index (χ1v) is 15.8. The minimum absolute atomic E-state index is 0.123. The zero-order valence-electron chi connectivity index (χ0n) is 24.1. The number of nitrogens with zero attached hydrogens (tertiary/aromatic N) is 4. The Balaban J connectivity index is 1.02. The fourth-order valence-corrected chi connectivity index (χ4v) is 6.53. The number of piperidine rings is 1. The van der Waals surface area contributed by atoms with E-state index in [1.807, 2.05) is 54.7 Å². The maximum atomic E-state index is 11.5. The summed E-state index contributed by atoms with van der Waals surface area (Å²) < 4.78 is 13.1. The molecule has 1 aliphatic heterocycles. The number of aliphatic hydroxyl groups is 1. The molecule has 0 atom stereocenters. The molecule has 5 heterocycles. The lowest BCUT2D eigenvalue weighted by atomic mass is 10.0. The van der Waals surface area contributed by atoms with Gasteiger partial charge in [0.1, 0.15) is 23.6 Å². The Bertz CT molecular complexity index is 1950. The first-order chi connectivity index (χ1) is 22.0. The summed E-state index contributed by atoms with van der Waals surface area (Å²) in [4.78, 5) is 28.7. The van der Waals surface area contributed by atoms with E-state index in [2.05, 4.69) is 31.6 Å². The molecule has 6 aromatic rings. The average Bonchev–Trinajstić information content (AvgIpc) is 3.68. The highest BCUT2D eigenvalue weighted by molar-refractivity contribution is 7.22. The lowest BCUT2D eigenvalue weighted by molar-refractivity contribution is -0.124. The van der Waals surface area contributed by atoms with Gasteiger partial charge < -0.3 is 24.9 Å². The molecule has 0 saturated carbocycles. The summed E-state index contributed by atoms with van der Waals surface area (Å²) in [6.07, 6.45) is 5.40. The number of hydrogen-bond donors (Lipinski definition) is 3. The standard InChI is InChI=1S/C33H29ClN6O4S/c34-21-2-4-22(5-3-21)38-33-39-26-15-24(6-8-28(26)44-33)43-29-9-12-35-27-16-30(45-32(27)29)25-7-1-20(17-36-25)18-40-13-10-23(11-14-40)37-31(42)19-41/h1-9,12,15-17,23,41H,10-11,13-14,18-19H2,(H,37,42)(H,38,39). The van der Waals surface area contributed by atoms with Crippen molar-refractivity contribution in [2.75, 3.05) is 25.0 Å². The van der Waals surface area contributed by atoms with Gasteiger partial charge in [0.2, 0.25) is 5.91 Å². The Morgan fingerprint density at radius 2 is 1.89 bits per heavy atom. The Labute approximate surface area is 267 Å². The van der Waals surface area contributed by atoms with Gasteiger partial charge in [0.25, 0.3) is 6.01 Å². The number of amides is 1. The van der Waals surface area contributed by atoms with Crippen molar-refractivity contribution in [3.8, 4) is 22.1 Å². The molecular formula is C33H29ClN6O4S. The van der Waals surface area contributed by atoms with Gasteiger partial charge in [-0.3, -0.25) is 19.7 Å². The fourth-order valence-electron chi connectivity index (χ4n) is 5.36. The molecule has 0 bridgehead atoms. The summed E-state index contributed by atoms with van der Waals surface area (Å²) in [6, 6.07) is 21.4. The lowest BCUT2D eigenvalue weighted by Gasteiger charge is -2.32. The molecule has 1 fully saturated rings. The van der Waals surface area contributed by atoms with Crippen LogP contribution in [0.3, 0.4) is 0 Å².